The number of amides is 1. The number of aliphatic hydroxyl groups is 1. The molecule has 3 aromatic carbocycles. The average Bonchev–Trinajstić information content (AvgIpc) is 3.44. The lowest BCUT2D eigenvalue weighted by Crippen LogP contribution is -2.41. The van der Waals surface area contributed by atoms with Gasteiger partial charge in [0.1, 0.15) is 11.5 Å². The van der Waals surface area contributed by atoms with Gasteiger partial charge in [0.2, 0.25) is 12.6 Å². The number of ether oxygens (including phenoxy) is 2. The monoisotopic (exact) mass is 580 g/mol. The minimum absolute atomic E-state index is 0.135. The van der Waals surface area contributed by atoms with E-state index in [1.807, 2.05) is 42.5 Å². The van der Waals surface area contributed by atoms with E-state index in [4.69, 9.17) is 20.9 Å². The number of halogens is 2. The molecule has 2 N–H and O–H groups in total. The molecule has 1 amide bonds. The van der Waals surface area contributed by atoms with Crippen LogP contribution in [0.3, 0.4) is 0 Å². The summed E-state index contributed by atoms with van der Waals surface area (Å²) in [4.78, 5) is 36.2. The van der Waals surface area contributed by atoms with Crippen molar-refractivity contribution in [1.29, 1.82) is 0 Å². The second-order valence-electron chi connectivity index (χ2n) is 9.11. The summed E-state index contributed by atoms with van der Waals surface area (Å²) >= 11 is 6.10. The zero-order chi connectivity index (χ0) is 29.4. The van der Waals surface area contributed by atoms with Crippen molar-refractivity contribution in [3.05, 3.63) is 101 Å². The van der Waals surface area contributed by atoms with Crippen LogP contribution in [0.2, 0.25) is 5.02 Å². The summed E-state index contributed by atoms with van der Waals surface area (Å²) in [5.41, 5.74) is 2.95. The number of hydrogen-bond acceptors (Lipinski definition) is 8. The molecular weight excluding hydrogens is 555 g/mol. The number of nitrogens with one attached hydrogen (secondary N) is 1. The van der Waals surface area contributed by atoms with Gasteiger partial charge in [0.05, 0.1) is 0 Å². The second-order valence-corrected chi connectivity index (χ2v) is 9.54. The Morgan fingerprint density at radius 3 is 2.46 bits per heavy atom. The number of carbonyl (C=O) groups excluding carboxylic acids is 3. The third kappa shape index (κ3) is 8.23. The number of rotatable bonds is 11. The van der Waals surface area contributed by atoms with Crippen LogP contribution in [0.4, 0.5) is 4.39 Å². The van der Waals surface area contributed by atoms with Gasteiger partial charge >= 0.3 is 11.9 Å². The minimum Gasteiger partial charge on any atom is -0.428 e. The van der Waals surface area contributed by atoms with Crippen molar-refractivity contribution in [3.8, 4) is 22.4 Å². The molecule has 4 rings (SSSR count). The highest BCUT2D eigenvalue weighted by molar-refractivity contribution is 6.30. The Bertz CT molecular complexity index is 1520. The Labute approximate surface area is 239 Å². The fourth-order valence-electron chi connectivity index (χ4n) is 4.05. The zero-order valence-corrected chi connectivity index (χ0v) is 22.6. The van der Waals surface area contributed by atoms with Crippen LogP contribution >= 0.6 is 11.6 Å². The molecule has 0 aliphatic heterocycles. The molecule has 0 radical (unpaired) electrons. The molecule has 0 bridgehead atoms. The van der Waals surface area contributed by atoms with E-state index < -0.39 is 42.6 Å². The third-order valence-corrected chi connectivity index (χ3v) is 6.29. The minimum atomic E-state index is -1.63. The summed E-state index contributed by atoms with van der Waals surface area (Å²) in [7, 11) is 0. The molecule has 1 aromatic heterocycles. The van der Waals surface area contributed by atoms with Crippen molar-refractivity contribution < 1.29 is 37.9 Å². The van der Waals surface area contributed by atoms with E-state index in [-0.39, 0.29) is 29.9 Å². The van der Waals surface area contributed by atoms with Crippen LogP contribution in [0.25, 0.3) is 22.4 Å². The van der Waals surface area contributed by atoms with Gasteiger partial charge in [0.15, 0.2) is 6.10 Å². The van der Waals surface area contributed by atoms with Gasteiger partial charge in [-0.2, -0.15) is 0 Å². The number of carbonyl (C=O) groups is 3. The van der Waals surface area contributed by atoms with Crippen molar-refractivity contribution in [2.24, 2.45) is 0 Å². The Morgan fingerprint density at radius 2 is 1.76 bits per heavy atom. The van der Waals surface area contributed by atoms with Gasteiger partial charge in [-0.05, 0) is 47.4 Å². The molecule has 0 aliphatic carbocycles. The smallest absolute Gasteiger partial charge is 0.337 e. The molecule has 0 saturated heterocycles. The molecule has 41 heavy (non-hydrogen) atoms. The lowest BCUT2D eigenvalue weighted by molar-refractivity contribution is -0.172. The number of hydrogen-bond donors (Lipinski definition) is 2. The molecule has 4 aromatic rings. The van der Waals surface area contributed by atoms with Gasteiger partial charge in [-0.25, -0.2) is 9.18 Å². The Kier molecular flexibility index (Phi) is 9.83. The maximum absolute atomic E-state index is 14.2. The standard InChI is InChI=1S/C30H26ClFN2O7/c1-18(35)39-17-40-30(38)27(36)15-23(13-19-9-11-20(12-10-19)21-5-4-6-22(31)14-21)33-29(37)28-16-26(34-41-28)24-7-2-3-8-25(24)32/h2-12,14,16,23,27,36H,13,15,17H2,1H3,(H,33,37)/t23-,27?/m1/s1. The maximum atomic E-state index is 14.2. The number of esters is 2. The third-order valence-electron chi connectivity index (χ3n) is 6.06. The highest BCUT2D eigenvalue weighted by Gasteiger charge is 2.26. The Morgan fingerprint density at radius 1 is 1.00 bits per heavy atom. The van der Waals surface area contributed by atoms with Gasteiger partial charge in [-0.3, -0.25) is 9.59 Å². The molecule has 9 nitrogen and oxygen atoms in total. The molecule has 2 atom stereocenters. The lowest BCUT2D eigenvalue weighted by Gasteiger charge is -2.21. The van der Waals surface area contributed by atoms with E-state index in [0.717, 1.165) is 23.6 Å². The van der Waals surface area contributed by atoms with Crippen LogP contribution in [0.15, 0.2) is 83.4 Å². The maximum Gasteiger partial charge on any atom is 0.337 e. The number of nitrogens with zero attached hydrogens (tertiary/aromatic N) is 1. The molecule has 11 heteroatoms. The van der Waals surface area contributed by atoms with Crippen LogP contribution in [0, 0.1) is 5.82 Å². The molecule has 0 fully saturated rings. The first-order valence-electron chi connectivity index (χ1n) is 12.5. The topological polar surface area (TPSA) is 128 Å². The Balaban J connectivity index is 1.49. The molecule has 0 spiro atoms. The predicted octanol–water partition coefficient (Wildman–Crippen LogP) is 4.96. The quantitative estimate of drug-likeness (QED) is 0.188. The van der Waals surface area contributed by atoms with Gasteiger partial charge in [-0.1, -0.05) is 65.3 Å². The van der Waals surface area contributed by atoms with Crippen molar-refractivity contribution in [2.75, 3.05) is 6.79 Å². The van der Waals surface area contributed by atoms with Crippen LogP contribution in [-0.2, 0) is 25.5 Å². The highest BCUT2D eigenvalue weighted by Crippen LogP contribution is 2.24. The van der Waals surface area contributed by atoms with Crippen LogP contribution in [0.1, 0.15) is 29.5 Å². The van der Waals surface area contributed by atoms with E-state index in [1.165, 1.54) is 24.3 Å². The van der Waals surface area contributed by atoms with Crippen molar-refractivity contribution in [3.63, 3.8) is 0 Å². The first-order chi connectivity index (χ1) is 19.7. The van der Waals surface area contributed by atoms with E-state index in [9.17, 15) is 23.9 Å². The summed E-state index contributed by atoms with van der Waals surface area (Å²) < 4.78 is 28.7. The first-order valence-corrected chi connectivity index (χ1v) is 12.9. The zero-order valence-electron chi connectivity index (χ0n) is 21.9. The highest BCUT2D eigenvalue weighted by atomic mass is 35.5. The summed E-state index contributed by atoms with van der Waals surface area (Å²) in [5.74, 6) is -3.07. The van der Waals surface area contributed by atoms with Crippen LogP contribution in [0.5, 0.6) is 0 Å². The predicted molar refractivity (Wildman–Crippen MR) is 147 cm³/mol. The van der Waals surface area contributed by atoms with Gasteiger partial charge in [0, 0.05) is 36.0 Å². The molecule has 1 heterocycles. The summed E-state index contributed by atoms with van der Waals surface area (Å²) in [6, 6.07) is 21.3. The SMILES string of the molecule is CC(=O)OCOC(=O)C(O)C[C@@H](Cc1ccc(-c2cccc(Cl)c2)cc1)NC(=O)c1cc(-c2ccccc2F)no1. The van der Waals surface area contributed by atoms with Crippen molar-refractivity contribution in [2.45, 2.75) is 31.9 Å². The molecule has 212 valence electrons. The van der Waals surface area contributed by atoms with Gasteiger partial charge < -0.3 is 24.4 Å². The van der Waals surface area contributed by atoms with Crippen LogP contribution < -0.4 is 5.32 Å². The summed E-state index contributed by atoms with van der Waals surface area (Å²) in [6.07, 6.45) is -1.63. The number of benzene rings is 3. The van der Waals surface area contributed by atoms with E-state index in [1.54, 1.807) is 12.1 Å². The fraction of sp³-hybridized carbons (Fsp3) is 0.200. The van der Waals surface area contributed by atoms with Gasteiger partial charge in [0.25, 0.3) is 5.91 Å². The normalized spacial score (nSPS) is 12.3. The van der Waals surface area contributed by atoms with E-state index >= 15 is 0 Å². The Hall–Kier alpha value is -4.54. The fourth-order valence-corrected chi connectivity index (χ4v) is 4.24. The van der Waals surface area contributed by atoms with Crippen molar-refractivity contribution in [1.82, 2.24) is 10.5 Å². The second kappa shape index (κ2) is 13.7. The number of aromatic nitrogens is 1. The largest absolute Gasteiger partial charge is 0.428 e. The summed E-state index contributed by atoms with van der Waals surface area (Å²) in [6.45, 7) is 0.499. The lowest BCUT2D eigenvalue weighted by atomic mass is 9.97. The molecule has 0 saturated carbocycles. The van der Waals surface area contributed by atoms with Gasteiger partial charge in [-0.15, -0.1) is 0 Å². The molecule has 1 unspecified atom stereocenters. The molecular formula is C30H26ClFN2O7. The van der Waals surface area contributed by atoms with E-state index in [2.05, 4.69) is 15.2 Å². The van der Waals surface area contributed by atoms with Crippen LogP contribution in [-0.4, -0.2) is 47.0 Å². The summed E-state index contributed by atoms with van der Waals surface area (Å²) in [5, 5.41) is 17.6. The molecule has 0 aliphatic rings. The van der Waals surface area contributed by atoms with E-state index in [0.29, 0.717) is 5.02 Å². The van der Waals surface area contributed by atoms with Crippen molar-refractivity contribution >= 4 is 29.4 Å². The average molecular weight is 581 g/mol. The first kappa shape index (κ1) is 29.4. The number of aliphatic hydroxyl groups excluding tert-OH is 1.